The van der Waals surface area contributed by atoms with E-state index in [0.29, 0.717) is 39.6 Å². The summed E-state index contributed by atoms with van der Waals surface area (Å²) in [6.45, 7) is 0.651. The largest absolute Gasteiger partial charge is 0.497 e. The fourth-order valence-corrected chi connectivity index (χ4v) is 4.74. The van der Waals surface area contributed by atoms with Crippen LogP contribution in [-0.4, -0.2) is 37.1 Å². The summed E-state index contributed by atoms with van der Waals surface area (Å²) in [4.78, 5) is 0.663. The zero-order valence-electron chi connectivity index (χ0n) is 20.2. The van der Waals surface area contributed by atoms with Crippen molar-refractivity contribution in [1.29, 1.82) is 0 Å². The monoisotopic (exact) mass is 544 g/mol. The van der Waals surface area contributed by atoms with Crippen LogP contribution >= 0.6 is 22.9 Å². The van der Waals surface area contributed by atoms with E-state index in [4.69, 9.17) is 25.8 Å². The number of methoxy groups -OCH3 is 1. The maximum absolute atomic E-state index is 6.22. The molecular weight excluding hydrogens is 524 g/mol. The van der Waals surface area contributed by atoms with E-state index in [1.165, 1.54) is 11.3 Å². The first-order valence-electron chi connectivity index (χ1n) is 11.7. The molecule has 6 rings (SSSR count). The molecule has 0 aliphatic heterocycles. The van der Waals surface area contributed by atoms with Gasteiger partial charge in [0.05, 0.1) is 12.8 Å². The quantitative estimate of drug-likeness (QED) is 0.236. The Bertz CT molecular complexity index is 1690. The molecule has 3 aromatic heterocycles. The van der Waals surface area contributed by atoms with E-state index in [9.17, 15) is 0 Å². The summed E-state index contributed by atoms with van der Waals surface area (Å²) in [6, 6.07) is 24.7. The van der Waals surface area contributed by atoms with Gasteiger partial charge in [0.2, 0.25) is 10.8 Å². The normalized spacial score (nSPS) is 11.1. The van der Waals surface area contributed by atoms with Gasteiger partial charge in [0.25, 0.3) is 0 Å². The second-order valence-electron chi connectivity index (χ2n) is 8.25. The number of hydrogen-bond donors (Lipinski definition) is 1. The Morgan fingerprint density at radius 2 is 1.66 bits per heavy atom. The molecule has 3 aromatic carbocycles. The van der Waals surface area contributed by atoms with Crippen LogP contribution in [0.1, 0.15) is 10.6 Å². The smallest absolute Gasteiger partial charge is 0.235 e. The van der Waals surface area contributed by atoms with Gasteiger partial charge in [0, 0.05) is 22.2 Å². The Balaban J connectivity index is 1.13. The highest BCUT2D eigenvalue weighted by Crippen LogP contribution is 2.27. The molecule has 0 aliphatic carbocycles. The molecule has 6 aromatic rings. The van der Waals surface area contributed by atoms with Crippen molar-refractivity contribution in [1.82, 2.24) is 30.0 Å². The highest BCUT2D eigenvalue weighted by Gasteiger charge is 2.16. The highest BCUT2D eigenvalue weighted by molar-refractivity contribution is 7.16. The molecule has 0 saturated heterocycles. The van der Waals surface area contributed by atoms with Gasteiger partial charge >= 0.3 is 0 Å². The molecule has 3 heterocycles. The van der Waals surface area contributed by atoms with E-state index in [1.54, 1.807) is 11.6 Å². The van der Waals surface area contributed by atoms with E-state index < -0.39 is 0 Å². The summed E-state index contributed by atoms with van der Waals surface area (Å²) in [5.74, 6) is 2.72. The van der Waals surface area contributed by atoms with Crippen molar-refractivity contribution in [3.63, 3.8) is 0 Å². The van der Waals surface area contributed by atoms with E-state index in [2.05, 4.69) is 25.5 Å². The first-order chi connectivity index (χ1) is 18.7. The summed E-state index contributed by atoms with van der Waals surface area (Å²) in [5.41, 5.74) is 3.38. The average Bonchev–Trinajstić information content (AvgIpc) is 3.68. The number of nitrogens with zero attached hydrogens (tertiary/aromatic N) is 5. The van der Waals surface area contributed by atoms with Crippen LogP contribution < -0.4 is 14.2 Å². The Hall–Kier alpha value is -4.41. The molecule has 0 atom stereocenters. The van der Waals surface area contributed by atoms with Crippen molar-refractivity contribution in [3.05, 3.63) is 94.5 Å². The lowest BCUT2D eigenvalue weighted by molar-refractivity contribution is 0.289. The van der Waals surface area contributed by atoms with Crippen LogP contribution in [0.2, 0.25) is 5.02 Å². The maximum atomic E-state index is 6.22. The third-order valence-corrected chi connectivity index (χ3v) is 7.00. The van der Waals surface area contributed by atoms with E-state index in [-0.39, 0.29) is 6.61 Å². The van der Waals surface area contributed by atoms with E-state index >= 15 is 0 Å². The molecule has 0 saturated carbocycles. The summed E-state index contributed by atoms with van der Waals surface area (Å²) in [5, 5.41) is 22.1. The van der Waals surface area contributed by atoms with Crippen molar-refractivity contribution in [2.45, 2.75) is 13.2 Å². The SMILES string of the molecule is COc1ccc(-c2cc(-c3nnc4sc(COc5cccc(OCc6ccccc6Cl)c5)nn34)[nH]n2)cc1. The van der Waals surface area contributed by atoms with Gasteiger partial charge in [-0.05, 0) is 48.5 Å². The van der Waals surface area contributed by atoms with Crippen molar-refractivity contribution < 1.29 is 14.2 Å². The van der Waals surface area contributed by atoms with Gasteiger partial charge in [0.1, 0.15) is 36.2 Å². The maximum Gasteiger partial charge on any atom is 0.235 e. The van der Waals surface area contributed by atoms with Crippen LogP contribution in [-0.2, 0) is 13.2 Å². The molecule has 38 heavy (non-hydrogen) atoms. The molecule has 0 bridgehead atoms. The number of nitrogens with one attached hydrogen (secondary N) is 1. The standard InChI is InChI=1S/C27H21ClN6O3S/c1-35-19-11-9-17(10-12-19)23-14-24(30-29-23)26-31-32-27-34(26)33-25(38-27)16-37-21-7-4-6-20(13-21)36-15-18-5-2-3-8-22(18)28/h2-14H,15-16H2,1H3,(H,29,30). The Kier molecular flexibility index (Phi) is 6.63. The number of rotatable bonds is 9. The number of benzene rings is 3. The lowest BCUT2D eigenvalue weighted by atomic mass is 10.1. The van der Waals surface area contributed by atoms with E-state index in [0.717, 1.165) is 27.6 Å². The van der Waals surface area contributed by atoms with Crippen LogP contribution in [0.4, 0.5) is 0 Å². The van der Waals surface area contributed by atoms with Gasteiger partial charge in [-0.25, -0.2) is 0 Å². The molecular formula is C27H21ClN6O3S. The van der Waals surface area contributed by atoms with Crippen LogP contribution in [0.15, 0.2) is 78.9 Å². The lowest BCUT2D eigenvalue weighted by Gasteiger charge is -2.09. The first-order valence-corrected chi connectivity index (χ1v) is 12.9. The molecule has 1 N–H and O–H groups in total. The minimum atomic E-state index is 0.279. The topological polar surface area (TPSA) is 99.5 Å². The summed E-state index contributed by atoms with van der Waals surface area (Å²) < 4.78 is 18.8. The third kappa shape index (κ3) is 5.04. The zero-order valence-corrected chi connectivity index (χ0v) is 21.7. The van der Waals surface area contributed by atoms with Gasteiger partial charge in [-0.3, -0.25) is 5.10 Å². The Morgan fingerprint density at radius 3 is 2.45 bits per heavy atom. The molecule has 0 amide bonds. The zero-order chi connectivity index (χ0) is 25.9. The molecule has 0 radical (unpaired) electrons. The Labute approximate surface area is 226 Å². The first kappa shape index (κ1) is 24.0. The molecule has 0 aliphatic rings. The molecule has 190 valence electrons. The van der Waals surface area contributed by atoms with Gasteiger partial charge in [-0.1, -0.05) is 47.2 Å². The average molecular weight is 545 g/mol. The van der Waals surface area contributed by atoms with Gasteiger partial charge in [0.15, 0.2) is 5.01 Å². The fraction of sp³-hybridized carbons (Fsp3) is 0.111. The predicted molar refractivity (Wildman–Crippen MR) is 145 cm³/mol. The minimum Gasteiger partial charge on any atom is -0.497 e. The Morgan fingerprint density at radius 1 is 0.868 bits per heavy atom. The van der Waals surface area contributed by atoms with Crippen LogP contribution in [0, 0.1) is 0 Å². The number of H-pyrrole nitrogens is 1. The number of aromatic nitrogens is 6. The molecule has 0 fully saturated rings. The van der Waals surface area contributed by atoms with Crippen molar-refractivity contribution in [2.24, 2.45) is 0 Å². The minimum absolute atomic E-state index is 0.279. The van der Waals surface area contributed by atoms with Crippen LogP contribution in [0.25, 0.3) is 27.7 Å². The number of halogens is 1. The fourth-order valence-electron chi connectivity index (χ4n) is 3.80. The second kappa shape index (κ2) is 10.5. The van der Waals surface area contributed by atoms with E-state index in [1.807, 2.05) is 78.9 Å². The molecule has 9 nitrogen and oxygen atoms in total. The number of fused-ring (bicyclic) bond motifs is 1. The van der Waals surface area contributed by atoms with Gasteiger partial charge in [-0.2, -0.15) is 14.7 Å². The summed E-state index contributed by atoms with van der Waals surface area (Å²) in [6.07, 6.45) is 0. The number of ether oxygens (including phenoxy) is 3. The molecule has 11 heteroatoms. The van der Waals surface area contributed by atoms with Gasteiger partial charge < -0.3 is 14.2 Å². The van der Waals surface area contributed by atoms with Gasteiger partial charge in [-0.15, -0.1) is 10.2 Å². The van der Waals surface area contributed by atoms with Crippen molar-refractivity contribution in [2.75, 3.05) is 7.11 Å². The second-order valence-corrected chi connectivity index (χ2v) is 9.70. The number of aromatic amines is 1. The summed E-state index contributed by atoms with van der Waals surface area (Å²) in [7, 11) is 1.64. The van der Waals surface area contributed by atoms with Crippen molar-refractivity contribution >= 4 is 27.9 Å². The van der Waals surface area contributed by atoms with Crippen molar-refractivity contribution in [3.8, 4) is 40.0 Å². The number of hydrogen-bond acceptors (Lipinski definition) is 8. The summed E-state index contributed by atoms with van der Waals surface area (Å²) >= 11 is 7.63. The van der Waals surface area contributed by atoms with Crippen LogP contribution in [0.5, 0.6) is 17.2 Å². The molecule has 0 spiro atoms. The molecule has 0 unspecified atom stereocenters. The van der Waals surface area contributed by atoms with Crippen LogP contribution in [0.3, 0.4) is 0 Å². The third-order valence-electron chi connectivity index (χ3n) is 5.76. The highest BCUT2D eigenvalue weighted by atomic mass is 35.5. The lowest BCUT2D eigenvalue weighted by Crippen LogP contribution is -1.99. The predicted octanol–water partition coefficient (Wildman–Crippen LogP) is 6.06.